The molecule has 1 aliphatic rings. The lowest BCUT2D eigenvalue weighted by Crippen LogP contribution is -2.39. The van der Waals surface area contributed by atoms with Gasteiger partial charge in [0.2, 0.25) is 5.91 Å². The summed E-state index contributed by atoms with van der Waals surface area (Å²) < 4.78 is 14.3. The molecule has 0 aliphatic carbocycles. The number of carbonyl (C=O) groups excluding carboxylic acids is 2. The summed E-state index contributed by atoms with van der Waals surface area (Å²) in [7, 11) is 0. The molecule has 3 aromatic carbocycles. The van der Waals surface area contributed by atoms with Crippen molar-refractivity contribution >= 4 is 45.0 Å². The Balaban J connectivity index is 1.92. The van der Waals surface area contributed by atoms with Crippen molar-refractivity contribution in [3.63, 3.8) is 0 Å². The Hall–Kier alpha value is -2.70. The van der Waals surface area contributed by atoms with Crippen LogP contribution in [0, 0.1) is 12.7 Å². The first-order chi connectivity index (χ1) is 14.3. The zero-order valence-corrected chi connectivity index (χ0v) is 18.3. The summed E-state index contributed by atoms with van der Waals surface area (Å²) in [5, 5.41) is 3.16. The quantitative estimate of drug-likeness (QED) is 0.501. The second-order valence-corrected chi connectivity index (χ2v) is 8.47. The van der Waals surface area contributed by atoms with E-state index in [-0.39, 0.29) is 34.8 Å². The highest BCUT2D eigenvalue weighted by molar-refractivity contribution is 9.10. The van der Waals surface area contributed by atoms with Crippen LogP contribution >= 0.6 is 27.5 Å². The number of nitrogens with one attached hydrogen (secondary N) is 1. The summed E-state index contributed by atoms with van der Waals surface area (Å²) in [6.07, 6.45) is 0. The molecule has 0 spiro atoms. The Morgan fingerprint density at radius 2 is 1.87 bits per heavy atom. The second kappa shape index (κ2) is 8.20. The van der Waals surface area contributed by atoms with Gasteiger partial charge in [-0.25, -0.2) is 4.39 Å². The minimum atomic E-state index is -0.595. The molecule has 4 rings (SSSR count). The molecule has 1 atom stereocenters. The summed E-state index contributed by atoms with van der Waals surface area (Å²) in [5.41, 5.74) is 3.33. The lowest BCUT2D eigenvalue weighted by Gasteiger charge is -2.31. The number of hydrogen-bond donors (Lipinski definition) is 1. The fourth-order valence-corrected chi connectivity index (χ4v) is 4.20. The van der Waals surface area contributed by atoms with Gasteiger partial charge in [0, 0.05) is 15.7 Å². The van der Waals surface area contributed by atoms with E-state index < -0.39 is 6.04 Å². The number of halogens is 3. The fraction of sp³-hybridized carbons (Fsp3) is 0.130. The third-order valence-corrected chi connectivity index (χ3v) is 5.83. The molecular formula is C23H17BrClFN2O2. The standard InChI is InChI=1S/C23H17BrClFN2O2/c1-13-2-9-20-18(10-13)22(14-3-6-16(26)7-4-14)28(12-21(29)27-20)23(30)17-11-15(24)5-8-19(17)25/h2-11,22H,12H2,1H3,(H,27,29)/t22-/m1/s1. The molecule has 0 unspecified atom stereocenters. The van der Waals surface area contributed by atoms with Gasteiger partial charge in [-0.05, 0) is 48.9 Å². The lowest BCUT2D eigenvalue weighted by atomic mass is 9.94. The molecule has 0 saturated heterocycles. The smallest absolute Gasteiger partial charge is 0.256 e. The lowest BCUT2D eigenvalue weighted by molar-refractivity contribution is -0.117. The van der Waals surface area contributed by atoms with Gasteiger partial charge in [0.15, 0.2) is 0 Å². The highest BCUT2D eigenvalue weighted by atomic mass is 79.9. The molecule has 0 radical (unpaired) electrons. The van der Waals surface area contributed by atoms with Crippen LogP contribution in [0.4, 0.5) is 10.1 Å². The van der Waals surface area contributed by atoms with Gasteiger partial charge in [-0.1, -0.05) is 57.4 Å². The van der Waals surface area contributed by atoms with Gasteiger partial charge in [0.1, 0.15) is 12.4 Å². The fourth-order valence-electron chi connectivity index (χ4n) is 3.64. The topological polar surface area (TPSA) is 49.4 Å². The molecule has 3 aromatic rings. The van der Waals surface area contributed by atoms with Crippen molar-refractivity contribution in [1.82, 2.24) is 4.90 Å². The summed E-state index contributed by atoms with van der Waals surface area (Å²) in [4.78, 5) is 27.7. The molecule has 0 aromatic heterocycles. The minimum Gasteiger partial charge on any atom is -0.324 e. The maximum absolute atomic E-state index is 13.6. The van der Waals surface area contributed by atoms with Gasteiger partial charge < -0.3 is 10.2 Å². The number of anilines is 1. The zero-order chi connectivity index (χ0) is 21.4. The first-order valence-electron chi connectivity index (χ1n) is 9.25. The summed E-state index contributed by atoms with van der Waals surface area (Å²) >= 11 is 9.68. The highest BCUT2D eigenvalue weighted by Gasteiger charge is 2.34. The predicted octanol–water partition coefficient (Wildman–Crippen LogP) is 5.73. The van der Waals surface area contributed by atoms with E-state index in [1.54, 1.807) is 30.3 Å². The predicted molar refractivity (Wildman–Crippen MR) is 118 cm³/mol. The van der Waals surface area contributed by atoms with Crippen molar-refractivity contribution in [1.29, 1.82) is 0 Å². The zero-order valence-electron chi connectivity index (χ0n) is 16.0. The Morgan fingerprint density at radius 1 is 1.13 bits per heavy atom. The molecule has 152 valence electrons. The molecule has 0 bridgehead atoms. The monoisotopic (exact) mass is 486 g/mol. The van der Waals surface area contributed by atoms with Gasteiger partial charge in [0.05, 0.1) is 16.6 Å². The number of nitrogens with zero attached hydrogens (tertiary/aromatic N) is 1. The van der Waals surface area contributed by atoms with Gasteiger partial charge in [-0.15, -0.1) is 0 Å². The second-order valence-electron chi connectivity index (χ2n) is 7.15. The molecule has 1 aliphatic heterocycles. The van der Waals surface area contributed by atoms with Gasteiger partial charge in [-0.3, -0.25) is 9.59 Å². The van der Waals surface area contributed by atoms with Crippen LogP contribution < -0.4 is 5.32 Å². The van der Waals surface area contributed by atoms with Crippen molar-refractivity contribution in [2.75, 3.05) is 11.9 Å². The van der Waals surface area contributed by atoms with Crippen molar-refractivity contribution in [3.05, 3.63) is 98.2 Å². The number of amides is 2. The van der Waals surface area contributed by atoms with Crippen molar-refractivity contribution in [3.8, 4) is 0 Å². The van der Waals surface area contributed by atoms with Crippen LogP contribution in [-0.4, -0.2) is 23.3 Å². The number of aryl methyl sites for hydroxylation is 1. The van der Waals surface area contributed by atoms with Crippen LogP contribution in [0.25, 0.3) is 0 Å². The van der Waals surface area contributed by atoms with E-state index in [0.29, 0.717) is 15.7 Å². The third-order valence-electron chi connectivity index (χ3n) is 5.01. The molecular weight excluding hydrogens is 471 g/mol. The number of hydrogen-bond acceptors (Lipinski definition) is 2. The SMILES string of the molecule is Cc1ccc2c(c1)[C@@H](c1ccc(F)cc1)N(C(=O)c1cc(Br)ccc1Cl)CC(=O)N2. The molecule has 0 fully saturated rings. The molecule has 1 heterocycles. The maximum Gasteiger partial charge on any atom is 0.256 e. The molecule has 7 heteroatoms. The van der Waals surface area contributed by atoms with Crippen LogP contribution in [0.3, 0.4) is 0 Å². The van der Waals surface area contributed by atoms with Crippen LogP contribution in [0.15, 0.2) is 65.1 Å². The largest absolute Gasteiger partial charge is 0.324 e. The summed E-state index contributed by atoms with van der Waals surface area (Å²) in [6.45, 7) is 1.77. The van der Waals surface area contributed by atoms with E-state index in [4.69, 9.17) is 11.6 Å². The van der Waals surface area contributed by atoms with Crippen LogP contribution in [0.1, 0.15) is 33.1 Å². The van der Waals surface area contributed by atoms with Gasteiger partial charge in [0.25, 0.3) is 5.91 Å². The molecule has 4 nitrogen and oxygen atoms in total. The first-order valence-corrected chi connectivity index (χ1v) is 10.4. The van der Waals surface area contributed by atoms with E-state index in [1.807, 2.05) is 25.1 Å². The molecule has 30 heavy (non-hydrogen) atoms. The van der Waals surface area contributed by atoms with Crippen molar-refractivity contribution in [2.45, 2.75) is 13.0 Å². The molecule has 0 saturated carbocycles. The Labute approximate surface area is 186 Å². The van der Waals surface area contributed by atoms with Crippen LogP contribution in [0.2, 0.25) is 5.02 Å². The molecule has 2 amide bonds. The Kier molecular flexibility index (Phi) is 5.62. The average Bonchev–Trinajstić information content (AvgIpc) is 2.85. The van der Waals surface area contributed by atoms with E-state index in [2.05, 4.69) is 21.2 Å². The van der Waals surface area contributed by atoms with E-state index in [0.717, 1.165) is 11.1 Å². The summed E-state index contributed by atoms with van der Waals surface area (Å²) in [5.74, 6) is -1.08. The molecule has 1 N–H and O–H groups in total. The first kappa shape index (κ1) is 20.6. The number of carbonyl (C=O) groups is 2. The van der Waals surface area contributed by atoms with E-state index >= 15 is 0 Å². The number of fused-ring (bicyclic) bond motifs is 1. The normalized spacial score (nSPS) is 15.9. The van der Waals surface area contributed by atoms with Gasteiger partial charge >= 0.3 is 0 Å². The Bertz CT molecular complexity index is 1150. The van der Waals surface area contributed by atoms with Crippen LogP contribution in [0.5, 0.6) is 0 Å². The van der Waals surface area contributed by atoms with Crippen molar-refractivity contribution < 1.29 is 14.0 Å². The average molecular weight is 488 g/mol. The van der Waals surface area contributed by atoms with Crippen molar-refractivity contribution in [2.24, 2.45) is 0 Å². The Morgan fingerprint density at radius 3 is 2.60 bits per heavy atom. The third kappa shape index (κ3) is 3.98. The highest BCUT2D eigenvalue weighted by Crippen LogP contribution is 2.38. The summed E-state index contributed by atoms with van der Waals surface area (Å²) in [6, 6.07) is 16.0. The number of rotatable bonds is 2. The van der Waals surface area contributed by atoms with E-state index in [9.17, 15) is 14.0 Å². The van der Waals surface area contributed by atoms with Gasteiger partial charge in [-0.2, -0.15) is 0 Å². The number of benzene rings is 3. The minimum absolute atomic E-state index is 0.169. The van der Waals surface area contributed by atoms with Crippen LogP contribution in [-0.2, 0) is 4.79 Å². The van der Waals surface area contributed by atoms with E-state index in [1.165, 1.54) is 17.0 Å². The maximum atomic E-state index is 13.6.